The Labute approximate surface area is 187 Å². The van der Waals surface area contributed by atoms with E-state index in [0.29, 0.717) is 11.4 Å². The molecule has 1 aliphatic rings. The molecule has 0 bridgehead atoms. The van der Waals surface area contributed by atoms with Crippen LogP contribution in [0.2, 0.25) is 0 Å². The number of thioether (sulfide) groups is 1. The molecule has 11 heteroatoms. The highest BCUT2D eigenvalue weighted by atomic mass is 79.9. The van der Waals surface area contributed by atoms with E-state index in [4.69, 9.17) is 4.74 Å². The molecule has 160 valence electrons. The van der Waals surface area contributed by atoms with Crippen LogP contribution < -0.4 is 20.7 Å². The van der Waals surface area contributed by atoms with E-state index < -0.39 is 26.5 Å². The minimum atomic E-state index is -3.86. The highest BCUT2D eigenvalue weighted by molar-refractivity contribution is 9.10. The molecule has 0 aromatic heterocycles. The van der Waals surface area contributed by atoms with Gasteiger partial charge in [0.1, 0.15) is 11.2 Å². The predicted octanol–water partition coefficient (Wildman–Crippen LogP) is 1.97. The zero-order valence-electron chi connectivity index (χ0n) is 15.9. The van der Waals surface area contributed by atoms with Crippen molar-refractivity contribution in [3.63, 3.8) is 0 Å². The molecular formula is C19H20BrN3O5S2. The Morgan fingerprint density at radius 1 is 1.20 bits per heavy atom. The number of anilines is 1. The third-order valence-corrected chi connectivity index (χ3v) is 7.96. The van der Waals surface area contributed by atoms with Crippen molar-refractivity contribution in [1.29, 1.82) is 0 Å². The van der Waals surface area contributed by atoms with Gasteiger partial charge in [-0.15, -0.1) is 11.8 Å². The van der Waals surface area contributed by atoms with Crippen molar-refractivity contribution in [1.82, 2.24) is 10.6 Å². The zero-order chi connectivity index (χ0) is 21.7. The van der Waals surface area contributed by atoms with Crippen molar-refractivity contribution in [3.8, 4) is 5.75 Å². The number of carbonyl (C=O) groups is 2. The maximum Gasteiger partial charge on any atom is 0.241 e. The van der Waals surface area contributed by atoms with E-state index in [0.717, 1.165) is 4.47 Å². The van der Waals surface area contributed by atoms with Crippen LogP contribution in [0.25, 0.3) is 0 Å². The molecule has 0 aliphatic carbocycles. The van der Waals surface area contributed by atoms with Crippen LogP contribution in [0.15, 0.2) is 57.9 Å². The molecular weight excluding hydrogens is 494 g/mol. The van der Waals surface area contributed by atoms with Gasteiger partial charge >= 0.3 is 0 Å². The fourth-order valence-corrected chi connectivity index (χ4v) is 5.33. The number of halogens is 1. The molecule has 2 aromatic rings. The van der Waals surface area contributed by atoms with E-state index in [-0.39, 0.29) is 23.1 Å². The largest absolute Gasteiger partial charge is 0.497 e. The summed E-state index contributed by atoms with van der Waals surface area (Å²) < 4.78 is 31.5. The maximum atomic E-state index is 12.8. The molecule has 2 unspecified atom stereocenters. The summed E-state index contributed by atoms with van der Waals surface area (Å²) in [4.78, 5) is 24.6. The lowest BCUT2D eigenvalue weighted by Gasteiger charge is -2.29. The number of hydrogen-bond donors (Lipinski definition) is 3. The molecule has 30 heavy (non-hydrogen) atoms. The third-order valence-electron chi connectivity index (χ3n) is 4.33. The maximum absolute atomic E-state index is 12.8. The number of rotatable bonds is 7. The fourth-order valence-electron chi connectivity index (χ4n) is 2.75. The van der Waals surface area contributed by atoms with E-state index in [2.05, 4.69) is 31.9 Å². The minimum Gasteiger partial charge on any atom is -0.497 e. The van der Waals surface area contributed by atoms with Crippen molar-refractivity contribution >= 4 is 55.0 Å². The van der Waals surface area contributed by atoms with Crippen LogP contribution in [-0.2, 0) is 19.4 Å². The fraction of sp³-hybridized carbons (Fsp3) is 0.263. The van der Waals surface area contributed by atoms with E-state index >= 15 is 0 Å². The first kappa shape index (κ1) is 22.6. The Kier molecular flexibility index (Phi) is 7.40. The standard InChI is InChI=1S/C19H20BrN3O5S2/c1-28-14-6-8-15(9-7-14)30(26,27)16-10-21-19(23-18(16)25)29-11-17(24)22-13-4-2-12(20)3-5-13/h2-9,16,19,21H,10-11H2,1H3,(H,22,24)(H,23,25). The van der Waals surface area contributed by atoms with Crippen molar-refractivity contribution < 1.29 is 22.7 Å². The summed E-state index contributed by atoms with van der Waals surface area (Å²) in [6, 6.07) is 13.0. The summed E-state index contributed by atoms with van der Waals surface area (Å²) in [6.07, 6.45) is 0. The first-order valence-electron chi connectivity index (χ1n) is 8.88. The number of hydrogen-bond acceptors (Lipinski definition) is 7. The lowest BCUT2D eigenvalue weighted by atomic mass is 10.3. The van der Waals surface area contributed by atoms with Crippen molar-refractivity contribution in [2.45, 2.75) is 15.6 Å². The predicted molar refractivity (Wildman–Crippen MR) is 119 cm³/mol. The van der Waals surface area contributed by atoms with Crippen LogP contribution in [0.3, 0.4) is 0 Å². The molecule has 3 N–H and O–H groups in total. The van der Waals surface area contributed by atoms with Crippen LogP contribution in [0, 0.1) is 0 Å². The average molecular weight is 514 g/mol. The van der Waals surface area contributed by atoms with Crippen molar-refractivity contribution in [2.24, 2.45) is 0 Å². The second-order valence-corrected chi connectivity index (χ2v) is 10.5. The molecule has 8 nitrogen and oxygen atoms in total. The van der Waals surface area contributed by atoms with Gasteiger partial charge in [-0.3, -0.25) is 14.9 Å². The Balaban J connectivity index is 1.53. The molecule has 3 rings (SSSR count). The number of methoxy groups -OCH3 is 1. The van der Waals surface area contributed by atoms with Gasteiger partial charge in [-0.25, -0.2) is 8.42 Å². The molecule has 1 aliphatic heterocycles. The third kappa shape index (κ3) is 5.54. The Bertz CT molecular complexity index is 1010. The van der Waals surface area contributed by atoms with Gasteiger partial charge in [-0.2, -0.15) is 0 Å². The molecule has 0 saturated carbocycles. The topological polar surface area (TPSA) is 114 Å². The molecule has 2 aromatic carbocycles. The highest BCUT2D eigenvalue weighted by Gasteiger charge is 2.38. The molecule has 0 radical (unpaired) electrons. The van der Waals surface area contributed by atoms with Crippen LogP contribution in [0.1, 0.15) is 0 Å². The molecule has 0 spiro atoms. The smallest absolute Gasteiger partial charge is 0.241 e. The first-order valence-corrected chi connectivity index (χ1v) is 12.3. The van der Waals surface area contributed by atoms with E-state index in [1.807, 2.05) is 12.1 Å². The molecule has 1 fully saturated rings. The van der Waals surface area contributed by atoms with Gasteiger partial charge in [0.15, 0.2) is 15.1 Å². The quantitative estimate of drug-likeness (QED) is 0.518. The summed E-state index contributed by atoms with van der Waals surface area (Å²) in [6.45, 7) is -0.0494. The van der Waals surface area contributed by atoms with Gasteiger partial charge in [0.25, 0.3) is 0 Å². The van der Waals surface area contributed by atoms with Crippen molar-refractivity contribution in [3.05, 3.63) is 53.0 Å². The number of benzene rings is 2. The Hall–Kier alpha value is -2.08. The Morgan fingerprint density at radius 3 is 2.47 bits per heavy atom. The van der Waals surface area contributed by atoms with Gasteiger partial charge in [-0.1, -0.05) is 15.9 Å². The van der Waals surface area contributed by atoms with Gasteiger partial charge in [0, 0.05) is 16.7 Å². The van der Waals surface area contributed by atoms with E-state index in [9.17, 15) is 18.0 Å². The van der Waals surface area contributed by atoms with Crippen LogP contribution in [-0.4, -0.2) is 50.4 Å². The minimum absolute atomic E-state index is 0.0465. The van der Waals surface area contributed by atoms with Crippen LogP contribution in [0.4, 0.5) is 5.69 Å². The summed E-state index contributed by atoms with van der Waals surface area (Å²) in [5.41, 5.74) is 0.102. The lowest BCUT2D eigenvalue weighted by Crippen LogP contribution is -2.59. The van der Waals surface area contributed by atoms with Gasteiger partial charge < -0.3 is 15.4 Å². The number of sulfone groups is 1. The Morgan fingerprint density at radius 2 is 1.87 bits per heavy atom. The molecule has 2 amide bonds. The van der Waals surface area contributed by atoms with Crippen LogP contribution >= 0.6 is 27.7 Å². The summed E-state index contributed by atoms with van der Waals surface area (Å²) in [5.74, 6) is -0.219. The number of carbonyl (C=O) groups excluding carboxylic acids is 2. The highest BCUT2D eigenvalue weighted by Crippen LogP contribution is 2.22. The summed E-state index contributed by atoms with van der Waals surface area (Å²) in [7, 11) is -2.37. The zero-order valence-corrected chi connectivity index (χ0v) is 19.1. The number of amides is 2. The summed E-state index contributed by atoms with van der Waals surface area (Å²) >= 11 is 4.50. The number of ether oxygens (including phenoxy) is 1. The van der Waals surface area contributed by atoms with Crippen molar-refractivity contribution in [2.75, 3.05) is 24.7 Å². The summed E-state index contributed by atoms with van der Waals surface area (Å²) in [5, 5.41) is 7.09. The average Bonchev–Trinajstić information content (AvgIpc) is 2.74. The second kappa shape index (κ2) is 9.82. The van der Waals surface area contributed by atoms with E-state index in [1.54, 1.807) is 12.1 Å². The number of nitrogens with one attached hydrogen (secondary N) is 3. The first-order chi connectivity index (χ1) is 14.3. The van der Waals surface area contributed by atoms with Crippen LogP contribution in [0.5, 0.6) is 5.75 Å². The van der Waals surface area contributed by atoms with E-state index in [1.165, 1.54) is 43.1 Å². The lowest BCUT2D eigenvalue weighted by molar-refractivity contribution is -0.122. The second-order valence-electron chi connectivity index (χ2n) is 6.37. The van der Waals surface area contributed by atoms with Gasteiger partial charge in [-0.05, 0) is 48.5 Å². The monoisotopic (exact) mass is 513 g/mol. The SMILES string of the molecule is COc1ccc(S(=O)(=O)C2CNC(SCC(=O)Nc3ccc(Br)cc3)NC2=O)cc1. The molecule has 1 saturated heterocycles. The molecule has 1 heterocycles. The molecule has 2 atom stereocenters. The van der Waals surface area contributed by atoms with Gasteiger partial charge in [0.2, 0.25) is 11.8 Å². The van der Waals surface area contributed by atoms with Gasteiger partial charge in [0.05, 0.1) is 17.8 Å². The normalized spacial score (nSPS) is 19.1.